The van der Waals surface area contributed by atoms with Crippen LogP contribution in [-0.2, 0) is 13.1 Å². The molecule has 0 atom stereocenters. The highest BCUT2D eigenvalue weighted by Crippen LogP contribution is 2.06. The fraction of sp³-hybridized carbons (Fsp3) is 0.357. The van der Waals surface area contributed by atoms with E-state index in [1.807, 2.05) is 4.57 Å². The summed E-state index contributed by atoms with van der Waals surface area (Å²) in [6.45, 7) is 4.99. The Hall–Kier alpha value is -2.37. The lowest BCUT2D eigenvalue weighted by molar-refractivity contribution is 0.0694. The van der Waals surface area contributed by atoms with Gasteiger partial charge in [-0.15, -0.1) is 0 Å². The summed E-state index contributed by atoms with van der Waals surface area (Å²) in [5.74, 6) is -1.20. The van der Waals surface area contributed by atoms with Gasteiger partial charge in [0.1, 0.15) is 5.56 Å². The Morgan fingerprint density at radius 2 is 2.15 bits per heavy atom. The number of carboxylic acids is 1. The lowest BCUT2D eigenvalue weighted by Crippen LogP contribution is -2.28. The normalized spacial score (nSPS) is 10.7. The summed E-state index contributed by atoms with van der Waals surface area (Å²) in [5.41, 5.74) is 0.919. The maximum absolute atomic E-state index is 12.2. The van der Waals surface area contributed by atoms with E-state index in [1.165, 1.54) is 10.6 Å². The lowest BCUT2D eigenvalue weighted by atomic mass is 10.2. The van der Waals surface area contributed by atoms with Crippen molar-refractivity contribution in [3.05, 3.63) is 52.0 Å². The van der Waals surface area contributed by atoms with Gasteiger partial charge >= 0.3 is 5.97 Å². The van der Waals surface area contributed by atoms with Crippen molar-refractivity contribution in [1.82, 2.24) is 14.1 Å². The van der Waals surface area contributed by atoms with Gasteiger partial charge in [0.15, 0.2) is 0 Å². The van der Waals surface area contributed by atoms with Crippen LogP contribution < -0.4 is 5.56 Å². The molecule has 0 saturated carbocycles. The van der Waals surface area contributed by atoms with Crippen molar-refractivity contribution in [3.63, 3.8) is 0 Å². The predicted molar refractivity (Wildman–Crippen MR) is 74.0 cm³/mol. The fourth-order valence-corrected chi connectivity index (χ4v) is 2.11. The zero-order valence-electron chi connectivity index (χ0n) is 11.5. The number of imidazole rings is 1. The van der Waals surface area contributed by atoms with Crippen molar-refractivity contribution in [2.45, 2.75) is 33.4 Å². The number of carboxylic acid groups (broad SMARTS) is 1. The minimum absolute atomic E-state index is 0.211. The summed E-state index contributed by atoms with van der Waals surface area (Å²) < 4.78 is 3.44. The van der Waals surface area contributed by atoms with Crippen molar-refractivity contribution in [2.75, 3.05) is 0 Å². The number of aryl methyl sites for hydroxylation is 2. The molecule has 2 aromatic rings. The molecule has 0 saturated heterocycles. The summed E-state index contributed by atoms with van der Waals surface area (Å²) in [7, 11) is 0. The molecule has 0 spiro atoms. The average molecular weight is 275 g/mol. The van der Waals surface area contributed by atoms with Gasteiger partial charge in [0.2, 0.25) is 0 Å². The maximum atomic E-state index is 12.2. The van der Waals surface area contributed by atoms with E-state index in [9.17, 15) is 9.59 Å². The van der Waals surface area contributed by atoms with Crippen LogP contribution in [0.1, 0.15) is 35.1 Å². The SMILES string of the molecule is CCCn1cncc1Cn1c(C)ccc(C(=O)O)c1=O. The summed E-state index contributed by atoms with van der Waals surface area (Å²) in [5, 5.41) is 9.02. The number of hydrogen-bond donors (Lipinski definition) is 1. The molecule has 0 amide bonds. The molecule has 0 radical (unpaired) electrons. The molecular weight excluding hydrogens is 258 g/mol. The quantitative estimate of drug-likeness (QED) is 0.897. The predicted octanol–water partition coefficient (Wildman–Crippen LogP) is 1.51. The standard InChI is InChI=1S/C14H17N3O3/c1-3-6-16-9-15-7-11(16)8-17-10(2)4-5-12(13(17)18)14(19)20/h4-5,7,9H,3,6,8H2,1-2H3,(H,19,20). The second kappa shape index (κ2) is 5.73. The van der Waals surface area contributed by atoms with Gasteiger partial charge < -0.3 is 14.2 Å². The minimum atomic E-state index is -1.20. The van der Waals surface area contributed by atoms with Gasteiger partial charge in [-0.3, -0.25) is 4.79 Å². The molecule has 0 bridgehead atoms. The molecule has 6 nitrogen and oxygen atoms in total. The summed E-state index contributed by atoms with van der Waals surface area (Å²) in [6, 6.07) is 2.99. The highest BCUT2D eigenvalue weighted by atomic mass is 16.4. The minimum Gasteiger partial charge on any atom is -0.477 e. The van der Waals surface area contributed by atoms with Crippen molar-refractivity contribution in [3.8, 4) is 0 Å². The fourth-order valence-electron chi connectivity index (χ4n) is 2.11. The van der Waals surface area contributed by atoms with Crippen LogP contribution in [-0.4, -0.2) is 25.2 Å². The largest absolute Gasteiger partial charge is 0.477 e. The van der Waals surface area contributed by atoms with Gasteiger partial charge in [-0.05, 0) is 25.5 Å². The lowest BCUT2D eigenvalue weighted by Gasteiger charge is -2.12. The maximum Gasteiger partial charge on any atom is 0.341 e. The van der Waals surface area contributed by atoms with Crippen LogP contribution in [0.25, 0.3) is 0 Å². The van der Waals surface area contributed by atoms with Crippen molar-refractivity contribution in [2.24, 2.45) is 0 Å². The molecule has 0 aliphatic carbocycles. The summed E-state index contributed by atoms with van der Waals surface area (Å²) in [4.78, 5) is 27.3. The second-order valence-electron chi connectivity index (χ2n) is 4.66. The monoisotopic (exact) mass is 275 g/mol. The van der Waals surface area contributed by atoms with E-state index in [0.717, 1.165) is 24.4 Å². The van der Waals surface area contributed by atoms with E-state index in [2.05, 4.69) is 11.9 Å². The number of aromatic nitrogens is 3. The van der Waals surface area contributed by atoms with E-state index in [0.29, 0.717) is 6.54 Å². The Morgan fingerprint density at radius 1 is 1.40 bits per heavy atom. The molecule has 0 fully saturated rings. The van der Waals surface area contributed by atoms with Gasteiger partial charge in [0.25, 0.3) is 5.56 Å². The second-order valence-corrected chi connectivity index (χ2v) is 4.66. The topological polar surface area (TPSA) is 77.1 Å². The molecule has 0 unspecified atom stereocenters. The number of pyridine rings is 1. The first kappa shape index (κ1) is 14.0. The van der Waals surface area contributed by atoms with E-state index in [4.69, 9.17) is 5.11 Å². The van der Waals surface area contributed by atoms with Crippen molar-refractivity contribution < 1.29 is 9.90 Å². The average Bonchev–Trinajstić information content (AvgIpc) is 2.82. The molecule has 1 N–H and O–H groups in total. The number of aromatic carboxylic acids is 1. The van der Waals surface area contributed by atoms with E-state index >= 15 is 0 Å². The Kier molecular flexibility index (Phi) is 4.02. The van der Waals surface area contributed by atoms with Crippen LogP contribution in [0.4, 0.5) is 0 Å². The van der Waals surface area contributed by atoms with Gasteiger partial charge in [-0.2, -0.15) is 0 Å². The van der Waals surface area contributed by atoms with Crippen LogP contribution in [0.3, 0.4) is 0 Å². The Bertz CT molecular complexity index is 685. The Morgan fingerprint density at radius 3 is 2.80 bits per heavy atom. The molecule has 20 heavy (non-hydrogen) atoms. The zero-order chi connectivity index (χ0) is 14.7. The molecule has 2 rings (SSSR count). The van der Waals surface area contributed by atoms with Crippen LogP contribution in [0.15, 0.2) is 29.5 Å². The molecule has 2 heterocycles. The number of hydrogen-bond acceptors (Lipinski definition) is 3. The van der Waals surface area contributed by atoms with E-state index in [-0.39, 0.29) is 5.56 Å². The first-order chi connectivity index (χ1) is 9.54. The number of nitrogens with zero attached hydrogens (tertiary/aromatic N) is 3. The van der Waals surface area contributed by atoms with Crippen LogP contribution >= 0.6 is 0 Å². The number of rotatable bonds is 5. The third-order valence-corrected chi connectivity index (χ3v) is 3.21. The molecule has 6 heteroatoms. The smallest absolute Gasteiger partial charge is 0.341 e. The van der Waals surface area contributed by atoms with E-state index in [1.54, 1.807) is 25.5 Å². The van der Waals surface area contributed by atoms with Crippen LogP contribution in [0.2, 0.25) is 0 Å². The Balaban J connectivity index is 2.43. The van der Waals surface area contributed by atoms with Gasteiger partial charge in [0.05, 0.1) is 18.6 Å². The van der Waals surface area contributed by atoms with Gasteiger partial charge in [-0.25, -0.2) is 9.78 Å². The number of carbonyl (C=O) groups is 1. The summed E-state index contributed by atoms with van der Waals surface area (Å²) in [6.07, 6.45) is 4.39. The zero-order valence-corrected chi connectivity index (χ0v) is 11.5. The van der Waals surface area contributed by atoms with Gasteiger partial charge in [-0.1, -0.05) is 6.92 Å². The highest BCUT2D eigenvalue weighted by Gasteiger charge is 2.13. The Labute approximate surface area is 116 Å². The molecule has 2 aromatic heterocycles. The van der Waals surface area contributed by atoms with Crippen LogP contribution in [0.5, 0.6) is 0 Å². The third-order valence-electron chi connectivity index (χ3n) is 3.21. The molecule has 0 aliphatic heterocycles. The third kappa shape index (κ3) is 2.64. The molecule has 0 aromatic carbocycles. The molecule has 106 valence electrons. The molecular formula is C14H17N3O3. The summed E-state index contributed by atoms with van der Waals surface area (Å²) >= 11 is 0. The highest BCUT2D eigenvalue weighted by molar-refractivity contribution is 5.87. The van der Waals surface area contributed by atoms with Crippen LogP contribution in [0, 0.1) is 6.92 Å². The first-order valence-corrected chi connectivity index (χ1v) is 6.47. The van der Waals surface area contributed by atoms with E-state index < -0.39 is 11.5 Å². The first-order valence-electron chi connectivity index (χ1n) is 6.47. The van der Waals surface area contributed by atoms with Crippen molar-refractivity contribution in [1.29, 1.82) is 0 Å². The van der Waals surface area contributed by atoms with Gasteiger partial charge in [0, 0.05) is 18.4 Å². The molecule has 0 aliphatic rings. The van der Waals surface area contributed by atoms with Crippen molar-refractivity contribution >= 4 is 5.97 Å².